The maximum absolute atomic E-state index is 5.01. The molecule has 0 radical (unpaired) electrons. The van der Waals surface area contributed by atoms with Crippen LogP contribution >= 0.6 is 0 Å². The molecule has 6 rings (SSSR count). The molecule has 2 N–H and O–H groups in total. The quantitative estimate of drug-likeness (QED) is 0.246. The molecule has 8 bridgehead atoms. The lowest BCUT2D eigenvalue weighted by molar-refractivity contribution is 1.10. The van der Waals surface area contributed by atoms with Crippen LogP contribution in [0.2, 0.25) is 0 Å². The van der Waals surface area contributed by atoms with Crippen molar-refractivity contribution in [2.45, 2.75) is 20.8 Å². The van der Waals surface area contributed by atoms with Gasteiger partial charge in [0, 0.05) is 44.2 Å². The summed E-state index contributed by atoms with van der Waals surface area (Å²) in [5, 5.41) is 1.81. The number of allylic oxidation sites excluding steroid dienone is 11. The van der Waals surface area contributed by atoms with Gasteiger partial charge in [-0.15, -0.1) is 0 Å². The van der Waals surface area contributed by atoms with Crippen molar-refractivity contribution in [2.75, 3.05) is 0 Å². The van der Waals surface area contributed by atoms with Gasteiger partial charge in [-0.2, -0.15) is 0 Å². The van der Waals surface area contributed by atoms with E-state index in [9.17, 15) is 0 Å². The van der Waals surface area contributed by atoms with Gasteiger partial charge in [0.05, 0.1) is 0 Å². The average Bonchev–Trinajstić information content (AvgIpc) is 3.72. The van der Waals surface area contributed by atoms with E-state index < -0.39 is 0 Å². The Balaban J connectivity index is 1.89. The minimum atomic E-state index is 0.487. The van der Waals surface area contributed by atoms with Crippen LogP contribution in [0.25, 0.3) is 67.8 Å². The summed E-state index contributed by atoms with van der Waals surface area (Å²) < 4.78 is 0. The van der Waals surface area contributed by atoms with Crippen LogP contribution < -0.4 is 0 Å². The molecule has 1 aromatic carbocycles. The lowest BCUT2D eigenvalue weighted by Gasteiger charge is -1.97. The van der Waals surface area contributed by atoms with E-state index >= 15 is 0 Å². The number of rotatable bonds is 6. The Bertz CT molecular complexity index is 2160. The van der Waals surface area contributed by atoms with E-state index in [-0.39, 0.29) is 0 Å². The number of nitrogens with one attached hydrogen (secondary N) is 2. The molecular formula is C35H30N8. The van der Waals surface area contributed by atoms with Crippen molar-refractivity contribution in [3.63, 3.8) is 0 Å². The van der Waals surface area contributed by atoms with Gasteiger partial charge in [-0.05, 0) is 20.8 Å². The van der Waals surface area contributed by atoms with E-state index in [4.69, 9.17) is 29.9 Å². The normalized spacial score (nSPS) is 13.7. The molecule has 2 aliphatic heterocycles. The van der Waals surface area contributed by atoms with Crippen molar-refractivity contribution < 1.29 is 0 Å². The second-order valence-corrected chi connectivity index (χ2v) is 9.75. The topological polar surface area (TPSA) is 109 Å². The van der Waals surface area contributed by atoms with Gasteiger partial charge in [0.15, 0.2) is 23.3 Å². The zero-order chi connectivity index (χ0) is 30.1. The van der Waals surface area contributed by atoms with Crippen LogP contribution in [0.3, 0.4) is 0 Å². The van der Waals surface area contributed by atoms with Gasteiger partial charge in [-0.25, -0.2) is 29.9 Å². The van der Waals surface area contributed by atoms with E-state index in [1.165, 1.54) is 0 Å². The van der Waals surface area contributed by atoms with Crippen molar-refractivity contribution in [3.05, 3.63) is 121 Å². The SMILES string of the molecule is C=CC1=C(/C=C\C)c2nc1nc1[nH]c(nc3nc(nc4[nH]c(n2)c(C=C)c4/C=C\C)C(C=C)=C3/C=C\C)c2ccccc12. The summed E-state index contributed by atoms with van der Waals surface area (Å²) in [6, 6.07) is 7.96. The molecule has 8 nitrogen and oxygen atoms in total. The van der Waals surface area contributed by atoms with E-state index in [2.05, 4.69) is 29.7 Å². The van der Waals surface area contributed by atoms with Gasteiger partial charge in [-0.1, -0.05) is 98.7 Å². The first-order chi connectivity index (χ1) is 21.0. The summed E-state index contributed by atoms with van der Waals surface area (Å²) in [6.45, 7) is 18.1. The molecule has 4 aromatic rings. The molecule has 0 saturated heterocycles. The maximum atomic E-state index is 5.01. The fraction of sp³-hybridized carbons (Fsp3) is 0.0857. The zero-order valence-corrected chi connectivity index (χ0v) is 24.3. The van der Waals surface area contributed by atoms with Crippen LogP contribution in [0, 0.1) is 0 Å². The fourth-order valence-corrected chi connectivity index (χ4v) is 5.29. The van der Waals surface area contributed by atoms with Crippen molar-refractivity contribution in [1.82, 2.24) is 39.9 Å². The maximum Gasteiger partial charge on any atom is 0.164 e. The Morgan fingerprint density at radius 1 is 0.488 bits per heavy atom. The molecular weight excluding hydrogens is 532 g/mol. The van der Waals surface area contributed by atoms with Crippen molar-refractivity contribution in [3.8, 4) is 0 Å². The first kappa shape index (κ1) is 27.4. The summed E-state index contributed by atoms with van der Waals surface area (Å²) >= 11 is 0. The number of aromatic nitrogens is 8. The third-order valence-electron chi connectivity index (χ3n) is 7.16. The second-order valence-electron chi connectivity index (χ2n) is 9.75. The summed E-state index contributed by atoms with van der Waals surface area (Å²) in [6.07, 6.45) is 17.0. The molecule has 0 amide bonds. The number of fused-ring (bicyclic) bond motifs is 11. The molecule has 0 fully saturated rings. The number of benzene rings is 1. The monoisotopic (exact) mass is 562 g/mol. The Labute approximate surface area is 249 Å². The summed E-state index contributed by atoms with van der Waals surface area (Å²) in [7, 11) is 0. The van der Waals surface area contributed by atoms with Gasteiger partial charge in [-0.3, -0.25) is 0 Å². The van der Waals surface area contributed by atoms with Crippen LogP contribution in [0.15, 0.2) is 86.5 Å². The van der Waals surface area contributed by atoms with Gasteiger partial charge >= 0.3 is 0 Å². The standard InChI is InChI=1S/C35H30N8/c1-7-15-23-20(10-4)28-36-31(23)38-29-22(12-6)25(17-9-3)33(40-29)42-35-27-19-14-13-18-26(27)34(43-35)41-30-21(11-5)24(16-8-2)32(37-28)39-30/h7-19H,4-6H2,1-3H3,(H2,36,37,38,39,40,41,42,43)/b15-7-,16-8-,17-9-. The van der Waals surface area contributed by atoms with Crippen LogP contribution in [0.4, 0.5) is 0 Å². The minimum Gasteiger partial charge on any atom is -0.324 e. The number of H-pyrrole nitrogens is 2. The highest BCUT2D eigenvalue weighted by atomic mass is 15.1. The summed E-state index contributed by atoms with van der Waals surface area (Å²) in [5.41, 5.74) is 7.19. The van der Waals surface area contributed by atoms with E-state index in [0.717, 1.165) is 44.2 Å². The first-order valence-corrected chi connectivity index (χ1v) is 13.9. The van der Waals surface area contributed by atoms with E-state index in [1.807, 2.05) is 81.5 Å². The zero-order valence-electron chi connectivity index (χ0n) is 24.3. The molecule has 8 heteroatoms. The highest BCUT2D eigenvalue weighted by Gasteiger charge is 2.22. The van der Waals surface area contributed by atoms with Gasteiger partial charge in [0.2, 0.25) is 0 Å². The third kappa shape index (κ3) is 4.59. The Morgan fingerprint density at radius 2 is 0.907 bits per heavy atom. The average molecular weight is 563 g/mol. The first-order valence-electron chi connectivity index (χ1n) is 13.9. The number of hydrogen-bond acceptors (Lipinski definition) is 6. The second kappa shape index (κ2) is 11.3. The number of nitrogens with zero attached hydrogens (tertiary/aromatic N) is 6. The molecule has 0 atom stereocenters. The van der Waals surface area contributed by atoms with Crippen LogP contribution in [0.1, 0.15) is 55.2 Å². The van der Waals surface area contributed by atoms with Crippen molar-refractivity contribution in [2.24, 2.45) is 0 Å². The third-order valence-corrected chi connectivity index (χ3v) is 7.16. The van der Waals surface area contributed by atoms with Gasteiger partial charge < -0.3 is 9.97 Å². The largest absolute Gasteiger partial charge is 0.324 e. The fourth-order valence-electron chi connectivity index (χ4n) is 5.29. The van der Waals surface area contributed by atoms with Crippen LogP contribution in [0.5, 0.6) is 0 Å². The van der Waals surface area contributed by atoms with E-state index in [0.29, 0.717) is 45.9 Å². The lowest BCUT2D eigenvalue weighted by Crippen LogP contribution is -1.88. The Morgan fingerprint density at radius 3 is 1.35 bits per heavy atom. The predicted molar refractivity (Wildman–Crippen MR) is 178 cm³/mol. The molecule has 0 spiro atoms. The Kier molecular flexibility index (Phi) is 7.17. The molecule has 5 heterocycles. The highest BCUT2D eigenvalue weighted by Crippen LogP contribution is 2.33. The highest BCUT2D eigenvalue weighted by molar-refractivity contribution is 6.06. The van der Waals surface area contributed by atoms with Gasteiger partial charge in [0.25, 0.3) is 0 Å². The molecule has 210 valence electrons. The molecule has 0 saturated carbocycles. The smallest absolute Gasteiger partial charge is 0.164 e. The number of hydrogen-bond donors (Lipinski definition) is 2. The minimum absolute atomic E-state index is 0.487. The number of aromatic amines is 2. The van der Waals surface area contributed by atoms with Gasteiger partial charge in [0.1, 0.15) is 22.6 Å². The molecule has 3 aromatic heterocycles. The molecule has 0 unspecified atom stereocenters. The van der Waals surface area contributed by atoms with Crippen LogP contribution in [-0.4, -0.2) is 39.9 Å². The predicted octanol–water partition coefficient (Wildman–Crippen LogP) is 8.07. The summed E-state index contributed by atoms with van der Waals surface area (Å²) in [4.78, 5) is 36.6. The van der Waals surface area contributed by atoms with Crippen LogP contribution in [-0.2, 0) is 0 Å². The van der Waals surface area contributed by atoms with E-state index in [1.54, 1.807) is 18.2 Å². The van der Waals surface area contributed by atoms with Crippen molar-refractivity contribution >= 4 is 67.8 Å². The molecule has 43 heavy (non-hydrogen) atoms. The molecule has 0 aliphatic carbocycles. The Hall–Kier alpha value is -5.76. The molecule has 2 aliphatic rings. The summed E-state index contributed by atoms with van der Waals surface area (Å²) in [5.74, 6) is 2.00. The lowest BCUT2D eigenvalue weighted by atomic mass is 10.1. The van der Waals surface area contributed by atoms with Crippen molar-refractivity contribution in [1.29, 1.82) is 0 Å².